The topological polar surface area (TPSA) is 59.5 Å². The average molecular weight is 326 g/mol. The molecule has 0 aliphatic carbocycles. The van der Waals surface area contributed by atoms with Crippen molar-refractivity contribution in [3.63, 3.8) is 0 Å². The van der Waals surface area contributed by atoms with Gasteiger partial charge in [-0.05, 0) is 24.3 Å². The maximum Gasteiger partial charge on any atom is 0.243 e. The van der Waals surface area contributed by atoms with E-state index in [0.717, 1.165) is 16.4 Å². The molecule has 1 aliphatic rings. The van der Waals surface area contributed by atoms with E-state index in [1.54, 1.807) is 24.5 Å². The third kappa shape index (κ3) is 2.93. The molecule has 22 heavy (non-hydrogen) atoms. The van der Waals surface area contributed by atoms with Gasteiger partial charge in [-0.1, -0.05) is 0 Å². The molecular weight excluding hydrogens is 314 g/mol. The lowest BCUT2D eigenvalue weighted by Crippen LogP contribution is -2.55. The lowest BCUT2D eigenvalue weighted by molar-refractivity contribution is 0.0761. The smallest absolute Gasteiger partial charge is 0.243 e. The lowest BCUT2D eigenvalue weighted by Gasteiger charge is -2.37. The highest BCUT2D eigenvalue weighted by atomic mass is 32.2. The van der Waals surface area contributed by atoms with Crippen LogP contribution in [0.3, 0.4) is 0 Å². The third-order valence-corrected chi connectivity index (χ3v) is 5.05. The van der Waals surface area contributed by atoms with Gasteiger partial charge in [0.25, 0.3) is 0 Å². The number of pyridine rings is 1. The Morgan fingerprint density at radius 1 is 1.09 bits per heavy atom. The monoisotopic (exact) mass is 326 g/mol. The molecule has 1 aromatic heterocycles. The van der Waals surface area contributed by atoms with Crippen LogP contribution in [0.4, 0.5) is 8.78 Å². The molecule has 8 heteroatoms. The molecule has 0 unspecified atom stereocenters. The lowest BCUT2D eigenvalue weighted by atomic mass is 10.2. The van der Waals surface area contributed by atoms with E-state index in [1.165, 1.54) is 0 Å². The molecule has 1 aliphatic heterocycles. The summed E-state index contributed by atoms with van der Waals surface area (Å²) in [6, 6.07) is 5.56. The van der Waals surface area contributed by atoms with Gasteiger partial charge in [0.1, 0.15) is 23.5 Å². The quantitative estimate of drug-likeness (QED) is 0.860. The molecule has 0 N–H and O–H groups in total. The predicted molar refractivity (Wildman–Crippen MR) is 73.8 cm³/mol. The molecule has 2 aromatic rings. The van der Waals surface area contributed by atoms with Crippen LogP contribution in [0, 0.1) is 11.6 Å². The normalized spacial score (nSPS) is 16.3. The van der Waals surface area contributed by atoms with Crippen LogP contribution in [0.2, 0.25) is 0 Å². The van der Waals surface area contributed by atoms with E-state index >= 15 is 0 Å². The molecule has 5 nitrogen and oxygen atoms in total. The molecule has 1 aromatic carbocycles. The maximum absolute atomic E-state index is 13.2. The first-order valence-electron chi connectivity index (χ1n) is 6.48. The van der Waals surface area contributed by atoms with Gasteiger partial charge in [0, 0.05) is 18.5 Å². The van der Waals surface area contributed by atoms with Gasteiger partial charge in [-0.25, -0.2) is 17.2 Å². The summed E-state index contributed by atoms with van der Waals surface area (Å²) in [4.78, 5) is 3.45. The summed E-state index contributed by atoms with van der Waals surface area (Å²) in [7, 11) is -3.91. The highest BCUT2D eigenvalue weighted by molar-refractivity contribution is 7.89. The fraction of sp³-hybridized carbons (Fsp3) is 0.214. The number of ether oxygens (including phenoxy) is 1. The molecule has 0 amide bonds. The van der Waals surface area contributed by atoms with Crippen molar-refractivity contribution < 1.29 is 21.9 Å². The van der Waals surface area contributed by atoms with Gasteiger partial charge >= 0.3 is 0 Å². The maximum atomic E-state index is 13.2. The molecule has 2 heterocycles. The van der Waals surface area contributed by atoms with E-state index < -0.39 is 26.6 Å². The zero-order valence-corrected chi connectivity index (χ0v) is 12.1. The van der Waals surface area contributed by atoms with Gasteiger partial charge < -0.3 is 4.74 Å². The van der Waals surface area contributed by atoms with Crippen molar-refractivity contribution in [1.82, 2.24) is 9.29 Å². The summed E-state index contributed by atoms with van der Waals surface area (Å²) in [5.74, 6) is -1.26. The highest BCUT2D eigenvalue weighted by Gasteiger charge is 2.38. The van der Waals surface area contributed by atoms with E-state index in [0.29, 0.717) is 11.8 Å². The number of halogens is 2. The van der Waals surface area contributed by atoms with Crippen LogP contribution in [0.15, 0.2) is 47.6 Å². The summed E-state index contributed by atoms with van der Waals surface area (Å²) in [6.45, 7) is 0.256. The molecular formula is C14H12F2N2O3S. The first-order valence-corrected chi connectivity index (χ1v) is 7.92. The minimum atomic E-state index is -3.91. The molecule has 0 radical (unpaired) electrons. The van der Waals surface area contributed by atoms with Crippen molar-refractivity contribution in [3.8, 4) is 5.75 Å². The first kappa shape index (κ1) is 14.9. The van der Waals surface area contributed by atoms with E-state index in [-0.39, 0.29) is 19.2 Å². The highest BCUT2D eigenvalue weighted by Crippen LogP contribution is 2.25. The number of benzene rings is 1. The Hall–Kier alpha value is -2.06. The standard InChI is InChI=1S/C14H12F2N2O3S/c15-10-5-11(16)7-14(6-10)22(19,20)18-8-13(9-18)21-12-1-3-17-4-2-12/h1-7,13H,8-9H2. The van der Waals surface area contributed by atoms with Crippen LogP contribution >= 0.6 is 0 Å². The SMILES string of the molecule is O=S(=O)(c1cc(F)cc(F)c1)N1CC(Oc2ccncc2)C1. The van der Waals surface area contributed by atoms with Gasteiger partial charge in [0.2, 0.25) is 10.0 Å². The summed E-state index contributed by atoms with van der Waals surface area (Å²) in [6.07, 6.45) is 2.84. The van der Waals surface area contributed by atoms with Crippen LogP contribution in [0.1, 0.15) is 0 Å². The predicted octanol–water partition coefficient (Wildman–Crippen LogP) is 1.81. The van der Waals surface area contributed by atoms with Crippen LogP contribution in [-0.2, 0) is 10.0 Å². The molecule has 0 saturated carbocycles. The first-order chi connectivity index (χ1) is 10.4. The number of nitrogens with zero attached hydrogens (tertiary/aromatic N) is 2. The summed E-state index contributed by atoms with van der Waals surface area (Å²) >= 11 is 0. The van der Waals surface area contributed by atoms with Crippen molar-refractivity contribution in [2.45, 2.75) is 11.0 Å². The Labute approximate surface area is 126 Å². The fourth-order valence-corrected chi connectivity index (χ4v) is 3.65. The summed E-state index contributed by atoms with van der Waals surface area (Å²) in [5, 5.41) is 0. The van der Waals surface area contributed by atoms with Gasteiger partial charge in [0.15, 0.2) is 0 Å². The van der Waals surface area contributed by atoms with Crippen molar-refractivity contribution >= 4 is 10.0 Å². The Balaban J connectivity index is 1.68. The number of aromatic nitrogens is 1. The Morgan fingerprint density at radius 3 is 2.27 bits per heavy atom. The van der Waals surface area contributed by atoms with E-state index in [1.807, 2.05) is 0 Å². The van der Waals surface area contributed by atoms with Crippen LogP contribution in [-0.4, -0.2) is 36.9 Å². The summed E-state index contributed by atoms with van der Waals surface area (Å²) < 4.78 is 57.5. The number of sulfonamides is 1. The molecule has 1 fully saturated rings. The largest absolute Gasteiger partial charge is 0.488 e. The number of hydrogen-bond acceptors (Lipinski definition) is 4. The molecule has 0 bridgehead atoms. The number of hydrogen-bond donors (Lipinski definition) is 0. The van der Waals surface area contributed by atoms with Crippen molar-refractivity contribution in [1.29, 1.82) is 0 Å². The van der Waals surface area contributed by atoms with Crippen molar-refractivity contribution in [3.05, 3.63) is 54.4 Å². The molecule has 3 rings (SSSR count). The Morgan fingerprint density at radius 2 is 1.68 bits per heavy atom. The second-order valence-corrected chi connectivity index (χ2v) is 6.79. The van der Waals surface area contributed by atoms with E-state index in [9.17, 15) is 17.2 Å². The molecule has 0 spiro atoms. The Kier molecular flexibility index (Phi) is 3.79. The zero-order valence-electron chi connectivity index (χ0n) is 11.3. The van der Waals surface area contributed by atoms with Gasteiger partial charge in [-0.3, -0.25) is 4.98 Å². The molecule has 1 saturated heterocycles. The van der Waals surface area contributed by atoms with Gasteiger partial charge in [0.05, 0.1) is 18.0 Å². The van der Waals surface area contributed by atoms with Crippen LogP contribution in [0.25, 0.3) is 0 Å². The van der Waals surface area contributed by atoms with E-state index in [2.05, 4.69) is 4.98 Å². The van der Waals surface area contributed by atoms with Crippen molar-refractivity contribution in [2.24, 2.45) is 0 Å². The van der Waals surface area contributed by atoms with Crippen LogP contribution < -0.4 is 4.74 Å². The molecule has 116 valence electrons. The minimum absolute atomic E-state index is 0.128. The number of rotatable bonds is 4. The van der Waals surface area contributed by atoms with Crippen molar-refractivity contribution in [2.75, 3.05) is 13.1 Å². The summed E-state index contributed by atoms with van der Waals surface area (Å²) in [5.41, 5.74) is 0. The Bertz CT molecular complexity index is 758. The average Bonchev–Trinajstić information content (AvgIpc) is 2.42. The van der Waals surface area contributed by atoms with Crippen LogP contribution in [0.5, 0.6) is 5.75 Å². The second-order valence-electron chi connectivity index (χ2n) is 4.85. The van der Waals surface area contributed by atoms with Gasteiger partial charge in [-0.15, -0.1) is 0 Å². The van der Waals surface area contributed by atoms with E-state index in [4.69, 9.17) is 4.74 Å². The fourth-order valence-electron chi connectivity index (χ4n) is 2.11. The zero-order chi connectivity index (χ0) is 15.7. The second kappa shape index (κ2) is 5.62. The molecule has 0 atom stereocenters. The third-order valence-electron chi connectivity index (χ3n) is 3.24. The van der Waals surface area contributed by atoms with Gasteiger partial charge in [-0.2, -0.15) is 4.31 Å². The minimum Gasteiger partial charge on any atom is -0.488 e.